The quantitative estimate of drug-likeness (QED) is 0.507. The summed E-state index contributed by atoms with van der Waals surface area (Å²) in [6.07, 6.45) is 2.58. The molecule has 6 unspecified atom stereocenters. The SMILES string of the molecule is CC1(C(S)CC2CS2)CSC(C)(C(S)CC2CS2)CS1. The Hall–Kier alpha value is 2.10. The molecule has 6 atom stereocenters. The second-order valence-electron chi connectivity index (χ2n) is 6.62. The van der Waals surface area contributed by atoms with Gasteiger partial charge in [0.2, 0.25) is 0 Å². The Balaban J connectivity index is 1.53. The second kappa shape index (κ2) is 6.54. The van der Waals surface area contributed by atoms with Crippen LogP contribution in [0.3, 0.4) is 0 Å². The molecule has 0 N–H and O–H groups in total. The predicted octanol–water partition coefficient (Wildman–Crippen LogP) is 4.59. The van der Waals surface area contributed by atoms with Gasteiger partial charge in [-0.3, -0.25) is 0 Å². The molecule has 116 valence electrons. The normalized spacial score (nSPS) is 46.8. The van der Waals surface area contributed by atoms with Gasteiger partial charge in [0.25, 0.3) is 0 Å². The van der Waals surface area contributed by atoms with Crippen LogP contribution in [-0.2, 0) is 0 Å². The van der Waals surface area contributed by atoms with E-state index in [4.69, 9.17) is 25.3 Å². The highest BCUT2D eigenvalue weighted by atomic mass is 32.2. The molecule has 3 rings (SSSR count). The van der Waals surface area contributed by atoms with E-state index in [1.54, 1.807) is 0 Å². The Morgan fingerprint density at radius 2 is 1.25 bits per heavy atom. The van der Waals surface area contributed by atoms with Gasteiger partial charge in [-0.05, 0) is 26.7 Å². The molecule has 3 aliphatic heterocycles. The molecule has 3 aliphatic rings. The van der Waals surface area contributed by atoms with Gasteiger partial charge < -0.3 is 0 Å². The Labute approximate surface area is 151 Å². The highest BCUT2D eigenvalue weighted by Gasteiger charge is 2.46. The zero-order chi connectivity index (χ0) is 14.4. The van der Waals surface area contributed by atoms with Crippen molar-refractivity contribution in [3.05, 3.63) is 0 Å². The third kappa shape index (κ3) is 4.14. The standard InChI is InChI=1S/C14H24S6/c1-13(11(15)3-9-5-17-9)7-20-14(2,8-19-13)12(16)4-10-6-18-10/h9-12,15-16H,3-8H2,1-2H3. The fraction of sp³-hybridized carbons (Fsp3) is 1.00. The second-order valence-corrected chi connectivity index (χ2v) is 13.5. The first kappa shape index (κ1) is 16.9. The van der Waals surface area contributed by atoms with Crippen molar-refractivity contribution in [1.82, 2.24) is 0 Å². The van der Waals surface area contributed by atoms with Gasteiger partial charge in [0.05, 0.1) is 0 Å². The fourth-order valence-electron chi connectivity index (χ4n) is 2.49. The molecule has 20 heavy (non-hydrogen) atoms. The summed E-state index contributed by atoms with van der Waals surface area (Å²) in [6.45, 7) is 4.86. The van der Waals surface area contributed by atoms with Crippen molar-refractivity contribution >= 4 is 72.3 Å². The lowest BCUT2D eigenvalue weighted by atomic mass is 10.0. The van der Waals surface area contributed by atoms with Crippen LogP contribution in [-0.4, -0.2) is 53.5 Å². The van der Waals surface area contributed by atoms with Crippen molar-refractivity contribution < 1.29 is 0 Å². The Morgan fingerprint density at radius 1 is 0.900 bits per heavy atom. The van der Waals surface area contributed by atoms with E-state index >= 15 is 0 Å². The van der Waals surface area contributed by atoms with Crippen molar-refractivity contribution in [1.29, 1.82) is 0 Å². The van der Waals surface area contributed by atoms with Gasteiger partial charge in [-0.2, -0.15) is 72.3 Å². The summed E-state index contributed by atoms with van der Waals surface area (Å²) < 4.78 is 0.691. The van der Waals surface area contributed by atoms with Gasteiger partial charge in [0, 0.05) is 53.5 Å². The van der Waals surface area contributed by atoms with Crippen molar-refractivity contribution in [3.63, 3.8) is 0 Å². The number of rotatable bonds is 6. The zero-order valence-corrected chi connectivity index (χ0v) is 17.1. The molecule has 6 heteroatoms. The minimum absolute atomic E-state index is 0.346. The summed E-state index contributed by atoms with van der Waals surface area (Å²) in [7, 11) is 0. The minimum Gasteiger partial charge on any atom is -0.174 e. The monoisotopic (exact) mass is 384 g/mol. The van der Waals surface area contributed by atoms with Crippen LogP contribution in [0.15, 0.2) is 0 Å². The van der Waals surface area contributed by atoms with E-state index in [2.05, 4.69) is 60.9 Å². The van der Waals surface area contributed by atoms with Crippen LogP contribution in [0.25, 0.3) is 0 Å². The molecule has 0 saturated carbocycles. The number of hydrogen-bond acceptors (Lipinski definition) is 6. The molecule has 3 fully saturated rings. The van der Waals surface area contributed by atoms with E-state index < -0.39 is 0 Å². The van der Waals surface area contributed by atoms with E-state index in [1.807, 2.05) is 0 Å². The summed E-state index contributed by atoms with van der Waals surface area (Å²) in [5, 5.41) is 2.89. The lowest BCUT2D eigenvalue weighted by Crippen LogP contribution is -2.48. The average molecular weight is 385 g/mol. The minimum atomic E-state index is 0.346. The van der Waals surface area contributed by atoms with E-state index in [9.17, 15) is 0 Å². The highest BCUT2D eigenvalue weighted by molar-refractivity contribution is 8.09. The molecule has 0 spiro atoms. The van der Waals surface area contributed by atoms with Crippen LogP contribution in [0.5, 0.6) is 0 Å². The first-order valence-corrected chi connectivity index (χ1v) is 12.4. The first-order valence-electron chi connectivity index (χ1n) is 7.28. The molecule has 0 aliphatic carbocycles. The van der Waals surface area contributed by atoms with Crippen LogP contribution in [0.4, 0.5) is 0 Å². The van der Waals surface area contributed by atoms with Gasteiger partial charge >= 0.3 is 0 Å². The number of thioether (sulfide) groups is 4. The molecule has 0 amide bonds. The molecule has 3 heterocycles. The lowest BCUT2D eigenvalue weighted by molar-refractivity contribution is 0.597. The largest absolute Gasteiger partial charge is 0.174 e. The molecule has 0 aromatic heterocycles. The maximum absolute atomic E-state index is 4.94. The smallest absolute Gasteiger partial charge is 0.0339 e. The molecule has 3 saturated heterocycles. The zero-order valence-electron chi connectivity index (χ0n) is 12.1. The van der Waals surface area contributed by atoms with Gasteiger partial charge in [-0.1, -0.05) is 0 Å². The topological polar surface area (TPSA) is 0 Å². The van der Waals surface area contributed by atoms with Crippen LogP contribution < -0.4 is 0 Å². The molecule has 0 nitrogen and oxygen atoms in total. The van der Waals surface area contributed by atoms with Crippen molar-refractivity contribution in [3.8, 4) is 0 Å². The van der Waals surface area contributed by atoms with E-state index in [0.29, 0.717) is 20.0 Å². The predicted molar refractivity (Wildman–Crippen MR) is 109 cm³/mol. The van der Waals surface area contributed by atoms with Crippen molar-refractivity contribution in [2.24, 2.45) is 0 Å². The lowest BCUT2D eigenvalue weighted by Gasteiger charge is -2.47. The molecule has 0 aromatic rings. The maximum Gasteiger partial charge on any atom is 0.0339 e. The van der Waals surface area contributed by atoms with E-state index in [0.717, 1.165) is 10.5 Å². The Kier molecular flexibility index (Phi) is 5.54. The summed E-state index contributed by atoms with van der Waals surface area (Å²) >= 11 is 18.4. The van der Waals surface area contributed by atoms with Crippen molar-refractivity contribution in [2.45, 2.75) is 57.2 Å². The van der Waals surface area contributed by atoms with Crippen LogP contribution in [0.1, 0.15) is 26.7 Å². The van der Waals surface area contributed by atoms with E-state index in [-0.39, 0.29) is 0 Å². The number of hydrogen-bond donors (Lipinski definition) is 2. The summed E-state index contributed by atoms with van der Waals surface area (Å²) in [4.78, 5) is 0. The molecular formula is C14H24S6. The van der Waals surface area contributed by atoms with Gasteiger partial charge in [-0.15, -0.1) is 0 Å². The Morgan fingerprint density at radius 3 is 1.50 bits per heavy atom. The van der Waals surface area contributed by atoms with Gasteiger partial charge in [-0.25, -0.2) is 0 Å². The molecule has 0 aromatic carbocycles. The van der Waals surface area contributed by atoms with Crippen LogP contribution in [0.2, 0.25) is 0 Å². The van der Waals surface area contributed by atoms with Gasteiger partial charge in [0.15, 0.2) is 0 Å². The summed E-state index contributed by atoms with van der Waals surface area (Å²) in [6, 6.07) is 0. The highest BCUT2D eigenvalue weighted by Crippen LogP contribution is 2.52. The average Bonchev–Trinajstić information content (AvgIpc) is 3.29. The van der Waals surface area contributed by atoms with Crippen LogP contribution in [0, 0.1) is 0 Å². The summed E-state index contributed by atoms with van der Waals surface area (Å²) in [5.74, 6) is 5.18. The van der Waals surface area contributed by atoms with Crippen molar-refractivity contribution in [2.75, 3.05) is 23.0 Å². The van der Waals surface area contributed by atoms with E-state index in [1.165, 1.54) is 35.9 Å². The van der Waals surface area contributed by atoms with Gasteiger partial charge in [0.1, 0.15) is 0 Å². The third-order valence-corrected chi connectivity index (χ3v) is 12.5. The summed E-state index contributed by atoms with van der Waals surface area (Å²) in [5.41, 5.74) is 0. The molecule has 0 bridgehead atoms. The first-order chi connectivity index (χ1) is 9.41. The van der Waals surface area contributed by atoms with Crippen LogP contribution >= 0.6 is 72.3 Å². The Bertz CT molecular complexity index is 310. The maximum atomic E-state index is 4.94. The third-order valence-electron chi connectivity index (χ3n) is 4.56. The fourth-order valence-corrected chi connectivity index (χ4v) is 8.59. The number of thiol groups is 2. The molecule has 0 radical (unpaired) electrons. The molecular weight excluding hydrogens is 361 g/mol.